The summed E-state index contributed by atoms with van der Waals surface area (Å²) < 4.78 is 5.86. The van der Waals surface area contributed by atoms with Gasteiger partial charge in [-0.25, -0.2) is 4.98 Å². The first-order valence-corrected chi connectivity index (χ1v) is 8.23. The van der Waals surface area contributed by atoms with Crippen molar-refractivity contribution in [2.24, 2.45) is 5.73 Å². The van der Waals surface area contributed by atoms with Crippen LogP contribution < -0.4 is 10.5 Å². The van der Waals surface area contributed by atoms with E-state index in [4.69, 9.17) is 15.5 Å². The Hall–Kier alpha value is -1.39. The van der Waals surface area contributed by atoms with Crippen LogP contribution in [-0.2, 0) is 11.8 Å². The molecule has 0 amide bonds. The molecule has 2 N–H and O–H groups in total. The smallest absolute Gasteiger partial charge is 0.119 e. The molecule has 0 bridgehead atoms. The van der Waals surface area contributed by atoms with Crippen molar-refractivity contribution in [1.82, 2.24) is 4.98 Å². The molecule has 0 saturated carbocycles. The van der Waals surface area contributed by atoms with Gasteiger partial charge in [0.2, 0.25) is 0 Å². The third-order valence-electron chi connectivity index (χ3n) is 3.52. The van der Waals surface area contributed by atoms with E-state index in [0.29, 0.717) is 13.2 Å². The van der Waals surface area contributed by atoms with Gasteiger partial charge in [0.15, 0.2) is 0 Å². The van der Waals surface area contributed by atoms with Crippen molar-refractivity contribution in [2.45, 2.75) is 39.0 Å². The Morgan fingerprint density at radius 1 is 1.33 bits per heavy atom. The van der Waals surface area contributed by atoms with Crippen LogP contribution in [0.3, 0.4) is 0 Å². The maximum atomic E-state index is 5.86. The normalized spacial score (nSPS) is 11.6. The summed E-state index contributed by atoms with van der Waals surface area (Å²) in [5.41, 5.74) is 7.93. The highest BCUT2D eigenvalue weighted by atomic mass is 32.1. The standard InChI is InChI=1S/C17H24N2OS/c1-13-5-4-6-15(11-13)20-10-8-17(2,3)16-19-14(7-9-18)12-21-16/h4-6,11-12H,7-10,18H2,1-3H3. The molecule has 0 spiro atoms. The van der Waals surface area contributed by atoms with Gasteiger partial charge in [-0.3, -0.25) is 0 Å². The maximum absolute atomic E-state index is 5.86. The highest BCUT2D eigenvalue weighted by Crippen LogP contribution is 2.30. The molecule has 4 heteroatoms. The van der Waals surface area contributed by atoms with Crippen molar-refractivity contribution in [3.63, 3.8) is 0 Å². The molecule has 114 valence electrons. The molecule has 1 aromatic carbocycles. The van der Waals surface area contributed by atoms with Gasteiger partial charge in [0.25, 0.3) is 0 Å². The third-order valence-corrected chi connectivity index (χ3v) is 4.77. The molecule has 0 aliphatic rings. The Kier molecular flexibility index (Phi) is 5.37. The second-order valence-electron chi connectivity index (χ2n) is 5.98. The zero-order chi connectivity index (χ0) is 15.3. The number of aromatic nitrogens is 1. The molecule has 0 radical (unpaired) electrons. The topological polar surface area (TPSA) is 48.1 Å². The highest BCUT2D eigenvalue weighted by molar-refractivity contribution is 7.09. The van der Waals surface area contributed by atoms with Gasteiger partial charge in [0, 0.05) is 17.2 Å². The summed E-state index contributed by atoms with van der Waals surface area (Å²) in [6.45, 7) is 7.86. The average molecular weight is 304 g/mol. The molecular formula is C17H24N2OS. The number of nitrogens with zero attached hydrogens (tertiary/aromatic N) is 1. The highest BCUT2D eigenvalue weighted by Gasteiger charge is 2.24. The van der Waals surface area contributed by atoms with E-state index in [9.17, 15) is 0 Å². The van der Waals surface area contributed by atoms with Gasteiger partial charge in [0.1, 0.15) is 5.75 Å². The van der Waals surface area contributed by atoms with Crippen molar-refractivity contribution >= 4 is 11.3 Å². The van der Waals surface area contributed by atoms with E-state index in [1.54, 1.807) is 11.3 Å². The quantitative estimate of drug-likeness (QED) is 0.848. The molecule has 2 aromatic rings. The zero-order valence-corrected chi connectivity index (χ0v) is 13.9. The van der Waals surface area contributed by atoms with Crippen LogP contribution in [-0.4, -0.2) is 18.1 Å². The minimum Gasteiger partial charge on any atom is -0.494 e. The van der Waals surface area contributed by atoms with Gasteiger partial charge >= 0.3 is 0 Å². The van der Waals surface area contributed by atoms with Gasteiger partial charge in [0.05, 0.1) is 17.3 Å². The van der Waals surface area contributed by atoms with Crippen LogP contribution in [0.4, 0.5) is 0 Å². The lowest BCUT2D eigenvalue weighted by molar-refractivity contribution is 0.272. The van der Waals surface area contributed by atoms with Crippen LogP contribution in [0.25, 0.3) is 0 Å². The van der Waals surface area contributed by atoms with E-state index in [1.807, 2.05) is 12.1 Å². The number of benzene rings is 1. The van der Waals surface area contributed by atoms with Gasteiger partial charge in [-0.2, -0.15) is 0 Å². The van der Waals surface area contributed by atoms with Crippen molar-refractivity contribution < 1.29 is 4.74 Å². The number of thiazole rings is 1. The van der Waals surface area contributed by atoms with Gasteiger partial charge in [-0.15, -0.1) is 11.3 Å². The first kappa shape index (κ1) is 16.0. The average Bonchev–Trinajstić information content (AvgIpc) is 2.88. The van der Waals surface area contributed by atoms with E-state index < -0.39 is 0 Å². The molecule has 1 aromatic heterocycles. The fourth-order valence-corrected chi connectivity index (χ4v) is 3.13. The monoisotopic (exact) mass is 304 g/mol. The SMILES string of the molecule is Cc1cccc(OCCC(C)(C)c2nc(CCN)cs2)c1. The molecule has 0 atom stereocenters. The Bertz CT molecular complexity index is 578. The molecule has 0 aliphatic heterocycles. The van der Waals surface area contributed by atoms with E-state index in [1.165, 1.54) is 10.6 Å². The van der Waals surface area contributed by atoms with Crippen molar-refractivity contribution in [3.8, 4) is 5.75 Å². The Morgan fingerprint density at radius 2 is 2.14 bits per heavy atom. The molecule has 21 heavy (non-hydrogen) atoms. The molecule has 0 unspecified atom stereocenters. The number of hydrogen-bond donors (Lipinski definition) is 1. The summed E-state index contributed by atoms with van der Waals surface area (Å²) in [6, 6.07) is 8.17. The Morgan fingerprint density at radius 3 is 2.86 bits per heavy atom. The van der Waals surface area contributed by atoms with Gasteiger partial charge < -0.3 is 10.5 Å². The molecule has 0 fully saturated rings. The second kappa shape index (κ2) is 7.05. The molecule has 2 rings (SSSR count). The van der Waals surface area contributed by atoms with Crippen LogP contribution in [0.2, 0.25) is 0 Å². The third kappa shape index (κ3) is 4.55. The Labute approximate surface area is 131 Å². The van der Waals surface area contributed by atoms with Gasteiger partial charge in [-0.05, 0) is 37.6 Å². The van der Waals surface area contributed by atoms with Crippen molar-refractivity contribution in [3.05, 3.63) is 45.9 Å². The predicted octanol–water partition coefficient (Wildman–Crippen LogP) is 3.70. The summed E-state index contributed by atoms with van der Waals surface area (Å²) in [7, 11) is 0. The molecular weight excluding hydrogens is 280 g/mol. The number of ether oxygens (including phenoxy) is 1. The number of nitrogens with two attached hydrogens (primary N) is 1. The molecule has 0 aliphatic carbocycles. The van der Waals surface area contributed by atoms with Crippen molar-refractivity contribution in [2.75, 3.05) is 13.2 Å². The van der Waals surface area contributed by atoms with E-state index >= 15 is 0 Å². The fourth-order valence-electron chi connectivity index (χ4n) is 2.12. The van der Waals surface area contributed by atoms with Crippen molar-refractivity contribution in [1.29, 1.82) is 0 Å². The molecule has 1 heterocycles. The van der Waals surface area contributed by atoms with Crippen LogP contribution in [0, 0.1) is 6.92 Å². The van der Waals surface area contributed by atoms with Gasteiger partial charge in [-0.1, -0.05) is 26.0 Å². The number of rotatable bonds is 7. The summed E-state index contributed by atoms with van der Waals surface area (Å²) >= 11 is 1.72. The largest absolute Gasteiger partial charge is 0.494 e. The maximum Gasteiger partial charge on any atom is 0.119 e. The van der Waals surface area contributed by atoms with E-state index in [0.717, 1.165) is 24.3 Å². The predicted molar refractivity (Wildman–Crippen MR) is 89.2 cm³/mol. The summed E-state index contributed by atoms with van der Waals surface area (Å²) in [5, 5.41) is 3.28. The van der Waals surface area contributed by atoms with Crippen LogP contribution in [0.1, 0.15) is 36.5 Å². The lowest BCUT2D eigenvalue weighted by Crippen LogP contribution is -2.20. The minimum atomic E-state index is 0.0291. The van der Waals surface area contributed by atoms with Crippen LogP contribution in [0.5, 0.6) is 5.75 Å². The van der Waals surface area contributed by atoms with E-state index in [2.05, 4.69) is 38.3 Å². The fraction of sp³-hybridized carbons (Fsp3) is 0.471. The second-order valence-corrected chi connectivity index (χ2v) is 6.84. The lowest BCUT2D eigenvalue weighted by Gasteiger charge is -2.22. The number of aryl methyl sites for hydroxylation is 1. The molecule has 3 nitrogen and oxygen atoms in total. The lowest BCUT2D eigenvalue weighted by atomic mass is 9.90. The summed E-state index contributed by atoms with van der Waals surface area (Å²) in [4.78, 5) is 4.69. The van der Waals surface area contributed by atoms with Crippen LogP contribution >= 0.6 is 11.3 Å². The van der Waals surface area contributed by atoms with Crippen LogP contribution in [0.15, 0.2) is 29.6 Å². The number of hydrogen-bond acceptors (Lipinski definition) is 4. The Balaban J connectivity index is 1.91. The summed E-state index contributed by atoms with van der Waals surface area (Å²) in [5.74, 6) is 0.939. The minimum absolute atomic E-state index is 0.0291. The molecule has 0 saturated heterocycles. The summed E-state index contributed by atoms with van der Waals surface area (Å²) in [6.07, 6.45) is 1.79. The zero-order valence-electron chi connectivity index (χ0n) is 13.1. The van der Waals surface area contributed by atoms with E-state index in [-0.39, 0.29) is 5.41 Å². The first-order valence-electron chi connectivity index (χ1n) is 7.36. The first-order chi connectivity index (χ1) is 10.0.